The minimum atomic E-state index is -0.891. The maximum absolute atomic E-state index is 12.8. The minimum Gasteiger partial charge on any atom is -0.456 e. The molecule has 3 aromatic heterocycles. The lowest BCUT2D eigenvalue weighted by molar-refractivity contribution is 0.0429. The van der Waals surface area contributed by atoms with Crippen LogP contribution in [0.15, 0.2) is 55.0 Å². The Morgan fingerprint density at radius 1 is 0.800 bits per heavy atom. The van der Waals surface area contributed by atoms with Crippen molar-refractivity contribution < 1.29 is 23.8 Å². The van der Waals surface area contributed by atoms with E-state index in [1.807, 2.05) is 0 Å². The minimum absolute atomic E-state index is 0.0533. The van der Waals surface area contributed by atoms with Gasteiger partial charge in [-0.1, -0.05) is 0 Å². The number of aromatic nitrogens is 3. The molecule has 0 aliphatic carbocycles. The highest BCUT2D eigenvalue weighted by Crippen LogP contribution is 2.27. The lowest BCUT2D eigenvalue weighted by atomic mass is 10.2. The number of imide groups is 1. The number of amides is 2. The van der Waals surface area contributed by atoms with E-state index in [2.05, 4.69) is 15.0 Å². The van der Waals surface area contributed by atoms with E-state index in [1.165, 1.54) is 18.5 Å². The molecule has 3 rings (SSSR count). The molecule has 184 valence electrons. The smallest absolute Gasteiger partial charge is 0.425 e. The molecule has 35 heavy (non-hydrogen) atoms. The summed E-state index contributed by atoms with van der Waals surface area (Å²) in [6, 6.07) is 9.98. The highest BCUT2D eigenvalue weighted by atomic mass is 16.6. The van der Waals surface area contributed by atoms with Crippen LogP contribution in [-0.2, 0) is 9.47 Å². The molecule has 0 radical (unpaired) electrons. The van der Waals surface area contributed by atoms with Crippen molar-refractivity contribution in [3.05, 3.63) is 55.0 Å². The number of nitrogens with zero attached hydrogens (tertiary/aromatic N) is 4. The van der Waals surface area contributed by atoms with Crippen molar-refractivity contribution in [3.8, 4) is 22.8 Å². The van der Waals surface area contributed by atoms with Gasteiger partial charge in [-0.15, -0.1) is 0 Å². The summed E-state index contributed by atoms with van der Waals surface area (Å²) >= 11 is 0. The van der Waals surface area contributed by atoms with Crippen molar-refractivity contribution in [1.29, 1.82) is 0 Å². The number of rotatable bonds is 4. The number of nitrogen functional groups attached to an aromatic ring is 1. The summed E-state index contributed by atoms with van der Waals surface area (Å²) in [6.07, 6.45) is 2.83. The predicted molar refractivity (Wildman–Crippen MR) is 131 cm³/mol. The van der Waals surface area contributed by atoms with Gasteiger partial charge < -0.3 is 19.9 Å². The monoisotopic (exact) mass is 479 g/mol. The zero-order valence-electron chi connectivity index (χ0n) is 20.6. The molecule has 0 spiro atoms. The average Bonchev–Trinajstić information content (AvgIpc) is 2.74. The van der Waals surface area contributed by atoms with E-state index in [0.717, 1.165) is 4.90 Å². The second-order valence-electron chi connectivity index (χ2n) is 9.60. The number of hydrogen-bond donors (Lipinski definition) is 1. The lowest BCUT2D eigenvalue weighted by Gasteiger charge is -2.28. The molecule has 0 aliphatic rings. The fraction of sp³-hybridized carbons (Fsp3) is 0.320. The Balaban J connectivity index is 1.86. The van der Waals surface area contributed by atoms with Gasteiger partial charge >= 0.3 is 12.2 Å². The van der Waals surface area contributed by atoms with Gasteiger partial charge in [0, 0.05) is 24.0 Å². The third kappa shape index (κ3) is 7.39. The topological polar surface area (TPSA) is 130 Å². The van der Waals surface area contributed by atoms with Gasteiger partial charge in [0.2, 0.25) is 0 Å². The van der Waals surface area contributed by atoms with Gasteiger partial charge in [0.1, 0.15) is 34.3 Å². The first kappa shape index (κ1) is 25.4. The zero-order valence-corrected chi connectivity index (χ0v) is 20.6. The highest BCUT2D eigenvalue weighted by molar-refractivity contribution is 6.08. The van der Waals surface area contributed by atoms with Crippen molar-refractivity contribution in [1.82, 2.24) is 15.0 Å². The highest BCUT2D eigenvalue weighted by Gasteiger charge is 2.33. The first-order valence-corrected chi connectivity index (χ1v) is 10.9. The SMILES string of the molecule is CC(C)(C)OC(=O)N(C(=O)OC(C)(C)C)c1ccc(-c2cc(Oc3ccc(N)nc3)ccn2)cn1. The predicted octanol–water partition coefficient (Wildman–Crippen LogP) is 5.59. The van der Waals surface area contributed by atoms with Crippen molar-refractivity contribution in [2.45, 2.75) is 52.7 Å². The molecule has 0 bridgehead atoms. The molecule has 10 nitrogen and oxygen atoms in total. The maximum Gasteiger partial charge on any atom is 0.425 e. The summed E-state index contributed by atoms with van der Waals surface area (Å²) < 4.78 is 16.6. The van der Waals surface area contributed by atoms with Gasteiger partial charge in [-0.05, 0) is 71.9 Å². The van der Waals surface area contributed by atoms with Crippen LogP contribution in [0.3, 0.4) is 0 Å². The number of carbonyl (C=O) groups is 2. The molecule has 0 aromatic carbocycles. The first-order valence-electron chi connectivity index (χ1n) is 10.9. The van der Waals surface area contributed by atoms with Crippen LogP contribution in [0, 0.1) is 0 Å². The van der Waals surface area contributed by atoms with Gasteiger partial charge in [-0.3, -0.25) is 4.98 Å². The number of hydrogen-bond acceptors (Lipinski definition) is 9. The summed E-state index contributed by atoms with van der Waals surface area (Å²) in [7, 11) is 0. The molecule has 2 N–H and O–H groups in total. The van der Waals surface area contributed by atoms with Crippen LogP contribution in [0.5, 0.6) is 11.5 Å². The molecule has 2 amide bonds. The van der Waals surface area contributed by atoms with E-state index in [-0.39, 0.29) is 5.82 Å². The van der Waals surface area contributed by atoms with Gasteiger partial charge in [0.15, 0.2) is 0 Å². The molecular weight excluding hydrogens is 450 g/mol. The second-order valence-corrected chi connectivity index (χ2v) is 9.60. The summed E-state index contributed by atoms with van der Waals surface area (Å²) in [4.78, 5) is 39.0. The maximum atomic E-state index is 12.8. The van der Waals surface area contributed by atoms with E-state index in [0.29, 0.717) is 28.6 Å². The van der Waals surface area contributed by atoms with Gasteiger partial charge in [0.05, 0.1) is 11.9 Å². The number of pyridine rings is 3. The van der Waals surface area contributed by atoms with E-state index in [1.54, 1.807) is 78.1 Å². The molecular formula is C25H29N5O5. The number of anilines is 2. The number of ether oxygens (including phenoxy) is 3. The normalized spacial score (nSPS) is 11.5. The third-order valence-corrected chi connectivity index (χ3v) is 4.15. The number of carbonyl (C=O) groups excluding carboxylic acids is 2. The van der Waals surface area contributed by atoms with E-state index < -0.39 is 23.4 Å². The molecule has 0 unspecified atom stereocenters. The Labute approximate surface area is 204 Å². The number of nitrogens with two attached hydrogens (primary N) is 1. The van der Waals surface area contributed by atoms with Crippen LogP contribution >= 0.6 is 0 Å². The Morgan fingerprint density at radius 3 is 1.97 bits per heavy atom. The molecule has 0 saturated carbocycles. The largest absolute Gasteiger partial charge is 0.456 e. The zero-order chi connectivity index (χ0) is 25.8. The van der Waals surface area contributed by atoms with E-state index in [9.17, 15) is 9.59 Å². The van der Waals surface area contributed by atoms with Crippen molar-refractivity contribution in [3.63, 3.8) is 0 Å². The van der Waals surface area contributed by atoms with Gasteiger partial charge in [-0.2, -0.15) is 4.90 Å². The third-order valence-electron chi connectivity index (χ3n) is 4.15. The van der Waals surface area contributed by atoms with Crippen LogP contribution in [0.4, 0.5) is 21.2 Å². The Hall–Kier alpha value is -4.21. The van der Waals surface area contributed by atoms with Crippen LogP contribution in [0.2, 0.25) is 0 Å². The lowest BCUT2D eigenvalue weighted by Crippen LogP contribution is -2.44. The quantitative estimate of drug-likeness (QED) is 0.509. The summed E-state index contributed by atoms with van der Waals surface area (Å²) in [6.45, 7) is 10.2. The fourth-order valence-corrected chi connectivity index (χ4v) is 2.77. The molecule has 3 heterocycles. The molecule has 0 fully saturated rings. The summed E-state index contributed by atoms with van der Waals surface area (Å²) in [5, 5.41) is 0. The van der Waals surface area contributed by atoms with Crippen LogP contribution < -0.4 is 15.4 Å². The second kappa shape index (κ2) is 9.96. The van der Waals surface area contributed by atoms with Crippen LogP contribution in [0.1, 0.15) is 41.5 Å². The van der Waals surface area contributed by atoms with Crippen LogP contribution in [0.25, 0.3) is 11.3 Å². The Morgan fingerprint density at radius 2 is 1.46 bits per heavy atom. The molecule has 3 aromatic rings. The fourth-order valence-electron chi connectivity index (χ4n) is 2.77. The van der Waals surface area contributed by atoms with Crippen molar-refractivity contribution >= 4 is 23.8 Å². The van der Waals surface area contributed by atoms with Gasteiger partial charge in [0.25, 0.3) is 0 Å². The van der Waals surface area contributed by atoms with Crippen molar-refractivity contribution in [2.75, 3.05) is 10.6 Å². The van der Waals surface area contributed by atoms with Gasteiger partial charge in [-0.25, -0.2) is 19.6 Å². The summed E-state index contributed by atoms with van der Waals surface area (Å²) in [5.41, 5.74) is 5.19. The average molecular weight is 480 g/mol. The summed E-state index contributed by atoms with van der Waals surface area (Å²) in [5.74, 6) is 1.51. The van der Waals surface area contributed by atoms with Crippen molar-refractivity contribution in [2.24, 2.45) is 0 Å². The molecule has 0 saturated heterocycles. The molecule has 10 heteroatoms. The Kier molecular flexibility index (Phi) is 7.23. The first-order chi connectivity index (χ1) is 16.3. The van der Waals surface area contributed by atoms with Crippen LogP contribution in [-0.4, -0.2) is 38.3 Å². The molecule has 0 atom stereocenters. The Bertz CT molecular complexity index is 1150. The van der Waals surface area contributed by atoms with E-state index in [4.69, 9.17) is 19.9 Å². The molecule has 0 aliphatic heterocycles. The van der Waals surface area contributed by atoms with E-state index >= 15 is 0 Å². The standard InChI is InChI=1S/C25H29N5O5/c1-24(2,3)34-22(31)30(23(32)35-25(4,5)6)21-10-7-16(14-29-21)19-13-17(11-12-27-19)33-18-8-9-20(26)28-15-18/h7-15H,1-6H3,(H2,26,28).